The Kier molecular flexibility index (Phi) is 5.56. The van der Waals surface area contributed by atoms with Gasteiger partial charge in [-0.3, -0.25) is 0 Å². The maximum absolute atomic E-state index is 5.64. The first kappa shape index (κ1) is 13.3. The number of nitrogens with two attached hydrogens (primary N) is 1. The molecule has 0 saturated heterocycles. The molecule has 1 aromatic carbocycles. The van der Waals surface area contributed by atoms with E-state index < -0.39 is 0 Å². The third kappa shape index (κ3) is 3.99. The van der Waals surface area contributed by atoms with Crippen LogP contribution in [0.1, 0.15) is 18.9 Å². The number of benzene rings is 1. The molecule has 1 aromatic rings. The number of rotatable bonds is 6. The van der Waals surface area contributed by atoms with Gasteiger partial charge in [0, 0.05) is 0 Å². The molecule has 2 N–H and O–H groups in total. The summed E-state index contributed by atoms with van der Waals surface area (Å²) in [5.41, 5.74) is 7.82. The summed E-state index contributed by atoms with van der Waals surface area (Å²) in [6.45, 7) is 7.22. The summed E-state index contributed by atoms with van der Waals surface area (Å²) >= 11 is 3.49. The summed E-state index contributed by atoms with van der Waals surface area (Å²) in [4.78, 5) is 0. The lowest BCUT2D eigenvalue weighted by atomic mass is 10.1. The summed E-state index contributed by atoms with van der Waals surface area (Å²) in [5.74, 6) is 0.857. The first-order chi connectivity index (χ1) is 7.67. The second-order valence-electron chi connectivity index (χ2n) is 3.70. The van der Waals surface area contributed by atoms with Gasteiger partial charge in [0.15, 0.2) is 0 Å². The van der Waals surface area contributed by atoms with Crippen molar-refractivity contribution in [1.29, 1.82) is 0 Å². The summed E-state index contributed by atoms with van der Waals surface area (Å²) in [6, 6.07) is 6.07. The molecule has 1 rings (SSSR count). The lowest BCUT2D eigenvalue weighted by molar-refractivity contribution is 0.347. The lowest BCUT2D eigenvalue weighted by Crippen LogP contribution is -2.03. The molecule has 0 aliphatic heterocycles. The predicted octanol–water partition coefficient (Wildman–Crippen LogP) is 3.30. The fourth-order valence-electron chi connectivity index (χ4n) is 1.27. The average molecular weight is 284 g/mol. The smallest absolute Gasteiger partial charge is 0.133 e. The van der Waals surface area contributed by atoms with Crippen molar-refractivity contribution in [2.45, 2.75) is 19.8 Å². The van der Waals surface area contributed by atoms with E-state index in [4.69, 9.17) is 10.5 Å². The van der Waals surface area contributed by atoms with Crippen molar-refractivity contribution >= 4 is 15.9 Å². The number of hydrogen-bond donors (Lipinski definition) is 1. The highest BCUT2D eigenvalue weighted by Gasteiger charge is 2.03. The molecule has 0 heterocycles. The van der Waals surface area contributed by atoms with Gasteiger partial charge in [-0.15, -0.1) is 0 Å². The fraction of sp³-hybridized carbons (Fsp3) is 0.385. The molecule has 0 aliphatic carbocycles. The highest BCUT2D eigenvalue weighted by molar-refractivity contribution is 9.10. The van der Waals surface area contributed by atoms with Crippen LogP contribution in [-0.2, 0) is 6.42 Å². The van der Waals surface area contributed by atoms with Gasteiger partial charge < -0.3 is 10.5 Å². The van der Waals surface area contributed by atoms with Crippen LogP contribution in [0.25, 0.3) is 0 Å². The highest BCUT2D eigenvalue weighted by atomic mass is 79.9. The van der Waals surface area contributed by atoms with Gasteiger partial charge in [-0.1, -0.05) is 19.6 Å². The summed E-state index contributed by atoms with van der Waals surface area (Å²) in [5, 5.41) is 0. The van der Waals surface area contributed by atoms with Crippen molar-refractivity contribution in [1.82, 2.24) is 0 Å². The number of hydrogen-bond acceptors (Lipinski definition) is 2. The van der Waals surface area contributed by atoms with E-state index in [1.807, 2.05) is 12.1 Å². The molecular formula is C13H18BrNO. The molecule has 0 atom stereocenters. The van der Waals surface area contributed by atoms with Crippen molar-refractivity contribution < 1.29 is 4.74 Å². The van der Waals surface area contributed by atoms with Gasteiger partial charge in [0.2, 0.25) is 0 Å². The quantitative estimate of drug-likeness (QED) is 0.813. The van der Waals surface area contributed by atoms with Crippen molar-refractivity contribution in [3.05, 3.63) is 40.4 Å². The molecular weight excluding hydrogens is 266 g/mol. The van der Waals surface area contributed by atoms with Gasteiger partial charge in [-0.2, -0.15) is 0 Å². The molecule has 16 heavy (non-hydrogen) atoms. The molecule has 88 valence electrons. The minimum absolute atomic E-state index is 0.575. The van der Waals surface area contributed by atoms with E-state index >= 15 is 0 Å². The van der Waals surface area contributed by atoms with Crippen molar-refractivity contribution in [2.24, 2.45) is 5.73 Å². The molecule has 0 bridgehead atoms. The number of ether oxygens (including phenoxy) is 1. The molecule has 3 heteroatoms. The third-order valence-corrected chi connectivity index (χ3v) is 2.98. The second-order valence-corrected chi connectivity index (χ2v) is 4.55. The summed E-state index contributed by atoms with van der Waals surface area (Å²) in [6.07, 6.45) is 1.84. The van der Waals surface area contributed by atoms with E-state index in [9.17, 15) is 0 Å². The van der Waals surface area contributed by atoms with Crippen molar-refractivity contribution in [3.63, 3.8) is 0 Å². The largest absolute Gasteiger partial charge is 0.488 e. The van der Waals surface area contributed by atoms with E-state index in [0.29, 0.717) is 13.2 Å². The monoisotopic (exact) mass is 283 g/mol. The minimum atomic E-state index is 0.575. The zero-order valence-corrected chi connectivity index (χ0v) is 11.2. The van der Waals surface area contributed by atoms with E-state index in [-0.39, 0.29) is 0 Å². The maximum Gasteiger partial charge on any atom is 0.133 e. The molecule has 0 unspecified atom stereocenters. The average Bonchev–Trinajstić information content (AvgIpc) is 2.28. The second kappa shape index (κ2) is 6.71. The standard InChI is InChI=1S/C13H18BrNO/c1-3-10(2)9-16-13-5-4-11(6-7-15)8-12(13)14/h4-5,8H,2-3,6-7,9,15H2,1H3. The molecule has 0 spiro atoms. The van der Waals surface area contributed by atoms with E-state index in [1.165, 1.54) is 5.56 Å². The predicted molar refractivity (Wildman–Crippen MR) is 71.8 cm³/mol. The van der Waals surface area contributed by atoms with Crippen LogP contribution >= 0.6 is 15.9 Å². The van der Waals surface area contributed by atoms with Gasteiger partial charge in [-0.25, -0.2) is 0 Å². The normalized spacial score (nSPS) is 10.2. The van der Waals surface area contributed by atoms with Crippen LogP contribution in [0.15, 0.2) is 34.8 Å². The Bertz CT molecular complexity index is 363. The molecule has 0 saturated carbocycles. The van der Waals surface area contributed by atoms with Gasteiger partial charge in [0.05, 0.1) is 4.47 Å². The van der Waals surface area contributed by atoms with Crippen LogP contribution in [0.3, 0.4) is 0 Å². The maximum atomic E-state index is 5.64. The lowest BCUT2D eigenvalue weighted by Gasteiger charge is -2.10. The SMILES string of the molecule is C=C(CC)COc1ccc(CCN)cc1Br. The third-order valence-electron chi connectivity index (χ3n) is 2.36. The van der Waals surface area contributed by atoms with Crippen molar-refractivity contribution in [2.75, 3.05) is 13.2 Å². The van der Waals surface area contributed by atoms with E-state index in [1.54, 1.807) is 0 Å². The zero-order chi connectivity index (χ0) is 12.0. The highest BCUT2D eigenvalue weighted by Crippen LogP contribution is 2.26. The van der Waals surface area contributed by atoms with Crippen LogP contribution in [0.4, 0.5) is 0 Å². The Balaban J connectivity index is 2.64. The zero-order valence-electron chi connectivity index (χ0n) is 9.63. The van der Waals surface area contributed by atoms with Crippen LogP contribution < -0.4 is 10.5 Å². The summed E-state index contributed by atoms with van der Waals surface area (Å²) in [7, 11) is 0. The number of halogens is 1. The van der Waals surface area contributed by atoms with Gasteiger partial charge in [0.1, 0.15) is 12.4 Å². The van der Waals surface area contributed by atoms with Crippen LogP contribution in [-0.4, -0.2) is 13.2 Å². The fourth-order valence-corrected chi connectivity index (χ4v) is 1.81. The van der Waals surface area contributed by atoms with E-state index in [0.717, 1.165) is 28.6 Å². The molecule has 0 aliphatic rings. The van der Waals surface area contributed by atoms with E-state index in [2.05, 4.69) is 35.5 Å². The van der Waals surface area contributed by atoms with Crippen LogP contribution in [0.2, 0.25) is 0 Å². The Hall–Kier alpha value is -0.800. The molecule has 0 aromatic heterocycles. The Morgan fingerprint density at radius 1 is 1.50 bits per heavy atom. The Morgan fingerprint density at radius 3 is 2.81 bits per heavy atom. The van der Waals surface area contributed by atoms with Crippen molar-refractivity contribution in [3.8, 4) is 5.75 Å². The summed E-state index contributed by atoms with van der Waals surface area (Å²) < 4.78 is 6.62. The van der Waals surface area contributed by atoms with Crippen LogP contribution in [0, 0.1) is 0 Å². The van der Waals surface area contributed by atoms with Gasteiger partial charge in [-0.05, 0) is 58.6 Å². The molecule has 2 nitrogen and oxygen atoms in total. The Morgan fingerprint density at radius 2 is 2.25 bits per heavy atom. The molecule has 0 amide bonds. The molecule has 0 radical (unpaired) electrons. The Labute approximate surface area is 106 Å². The van der Waals surface area contributed by atoms with Gasteiger partial charge in [0.25, 0.3) is 0 Å². The first-order valence-electron chi connectivity index (χ1n) is 5.45. The topological polar surface area (TPSA) is 35.2 Å². The molecule has 0 fully saturated rings. The van der Waals surface area contributed by atoms with Gasteiger partial charge >= 0.3 is 0 Å². The first-order valence-corrected chi connectivity index (χ1v) is 6.24. The van der Waals surface area contributed by atoms with Crippen LogP contribution in [0.5, 0.6) is 5.75 Å². The minimum Gasteiger partial charge on any atom is -0.488 e.